The second-order valence-electron chi connectivity index (χ2n) is 6.50. The number of nitrogen functional groups attached to an aromatic ring is 1. The highest BCUT2D eigenvalue weighted by atomic mass is 35.5. The number of primary amides is 1. The van der Waals surface area contributed by atoms with E-state index >= 15 is 0 Å². The van der Waals surface area contributed by atoms with Crippen molar-refractivity contribution in [1.29, 1.82) is 0 Å². The number of carbonyl (C=O) groups excluding carboxylic acids is 2. The fourth-order valence-corrected chi connectivity index (χ4v) is 3.48. The van der Waals surface area contributed by atoms with Crippen LogP contribution in [0.2, 0.25) is 5.02 Å². The molecule has 2 aromatic rings. The fourth-order valence-electron chi connectivity index (χ4n) is 3.31. The lowest BCUT2D eigenvalue weighted by molar-refractivity contribution is 0.0964. The van der Waals surface area contributed by atoms with Crippen LogP contribution in [0.25, 0.3) is 5.57 Å². The molecule has 28 heavy (non-hydrogen) atoms. The number of amides is 2. The molecule has 2 amide bonds. The van der Waals surface area contributed by atoms with Gasteiger partial charge in [-0.05, 0) is 54.8 Å². The summed E-state index contributed by atoms with van der Waals surface area (Å²) in [5, 5.41) is 0.597. The molecule has 1 atom stereocenters. The highest BCUT2D eigenvalue weighted by Crippen LogP contribution is 2.36. The Morgan fingerprint density at radius 3 is 2.57 bits per heavy atom. The number of carbonyl (C=O) groups is 2. The molecule has 0 fully saturated rings. The Hall–Kier alpha value is -2.99. The highest BCUT2D eigenvalue weighted by Gasteiger charge is 2.29. The van der Waals surface area contributed by atoms with Crippen molar-refractivity contribution in [2.75, 3.05) is 18.9 Å². The van der Waals surface area contributed by atoms with Gasteiger partial charge in [0.25, 0.3) is 0 Å². The smallest absolute Gasteiger partial charge is 0.410 e. The summed E-state index contributed by atoms with van der Waals surface area (Å²) in [4.78, 5) is 25.5. The number of anilines is 1. The first-order chi connectivity index (χ1) is 13.4. The maximum absolute atomic E-state index is 12.5. The lowest BCUT2D eigenvalue weighted by Gasteiger charge is -2.34. The molecule has 6 nitrogen and oxygen atoms in total. The zero-order chi connectivity index (χ0) is 20.3. The average Bonchev–Trinajstić information content (AvgIpc) is 2.69. The molecule has 1 heterocycles. The number of ether oxygens (including phenoxy) is 1. The van der Waals surface area contributed by atoms with Crippen LogP contribution in [0.15, 0.2) is 48.5 Å². The molecule has 0 radical (unpaired) electrons. The second-order valence-corrected chi connectivity index (χ2v) is 6.93. The minimum absolute atomic E-state index is 0.292. The van der Waals surface area contributed by atoms with Crippen molar-refractivity contribution in [3.8, 4) is 0 Å². The van der Waals surface area contributed by atoms with Crippen molar-refractivity contribution in [2.45, 2.75) is 19.4 Å². The number of hydrogen-bond acceptors (Lipinski definition) is 4. The van der Waals surface area contributed by atoms with E-state index in [0.717, 1.165) is 16.7 Å². The molecule has 1 unspecified atom stereocenters. The zero-order valence-corrected chi connectivity index (χ0v) is 16.3. The molecule has 146 valence electrons. The van der Waals surface area contributed by atoms with Gasteiger partial charge >= 0.3 is 6.09 Å². The predicted octanol–water partition coefficient (Wildman–Crippen LogP) is 4.01. The number of benzene rings is 2. The molecule has 1 aliphatic heterocycles. The van der Waals surface area contributed by atoms with Crippen LogP contribution >= 0.6 is 11.6 Å². The van der Waals surface area contributed by atoms with Crippen molar-refractivity contribution < 1.29 is 14.3 Å². The quantitative estimate of drug-likeness (QED) is 0.759. The molecular weight excluding hydrogens is 378 g/mol. The molecule has 2 aromatic carbocycles. The van der Waals surface area contributed by atoms with Gasteiger partial charge in [-0.15, -0.1) is 0 Å². The topological polar surface area (TPSA) is 98.7 Å². The molecule has 0 spiro atoms. The standard InChI is InChI=1S/C21H22ClN3O3/c1-2-28-21(27)25-10-9-15(17-12-16(22)7-8-18(17)23)11-19(25)13-3-5-14(6-4-13)20(24)26/h3-8,11-12,19H,2,9-10,23H2,1H3,(H2,24,26). The van der Waals surface area contributed by atoms with Crippen LogP contribution in [-0.2, 0) is 4.74 Å². The highest BCUT2D eigenvalue weighted by molar-refractivity contribution is 6.30. The monoisotopic (exact) mass is 399 g/mol. The minimum Gasteiger partial charge on any atom is -0.450 e. The Morgan fingerprint density at radius 2 is 1.93 bits per heavy atom. The van der Waals surface area contributed by atoms with Crippen molar-refractivity contribution in [3.05, 3.63) is 70.3 Å². The van der Waals surface area contributed by atoms with Gasteiger partial charge in [-0.1, -0.05) is 29.8 Å². The van der Waals surface area contributed by atoms with Crippen LogP contribution in [-0.4, -0.2) is 30.1 Å². The van der Waals surface area contributed by atoms with Crippen LogP contribution in [0.5, 0.6) is 0 Å². The first-order valence-electron chi connectivity index (χ1n) is 9.00. The number of rotatable bonds is 4. The third-order valence-corrected chi connectivity index (χ3v) is 4.95. The van der Waals surface area contributed by atoms with Gasteiger partial charge in [-0.2, -0.15) is 0 Å². The maximum Gasteiger partial charge on any atom is 0.410 e. The fraction of sp³-hybridized carbons (Fsp3) is 0.238. The van der Waals surface area contributed by atoms with Gasteiger partial charge in [0.05, 0.1) is 12.6 Å². The molecule has 1 aliphatic rings. The van der Waals surface area contributed by atoms with E-state index in [1.165, 1.54) is 0 Å². The Bertz CT molecular complexity index is 925. The van der Waals surface area contributed by atoms with E-state index in [9.17, 15) is 9.59 Å². The molecule has 3 rings (SSSR count). The van der Waals surface area contributed by atoms with Crippen molar-refractivity contribution in [1.82, 2.24) is 4.90 Å². The summed E-state index contributed by atoms with van der Waals surface area (Å²) in [6.45, 7) is 2.53. The number of nitrogens with two attached hydrogens (primary N) is 2. The van der Waals surface area contributed by atoms with E-state index in [-0.39, 0.29) is 12.1 Å². The Balaban J connectivity index is 2.03. The average molecular weight is 400 g/mol. The summed E-state index contributed by atoms with van der Waals surface area (Å²) in [6.07, 6.45) is 2.22. The van der Waals surface area contributed by atoms with Gasteiger partial charge < -0.3 is 16.2 Å². The maximum atomic E-state index is 12.5. The Kier molecular flexibility index (Phi) is 5.90. The summed E-state index contributed by atoms with van der Waals surface area (Å²) >= 11 is 6.15. The molecular formula is C21H22ClN3O3. The van der Waals surface area contributed by atoms with E-state index in [2.05, 4.69) is 0 Å². The van der Waals surface area contributed by atoms with Crippen molar-refractivity contribution >= 4 is 34.9 Å². The van der Waals surface area contributed by atoms with Gasteiger partial charge in [0.1, 0.15) is 0 Å². The van der Waals surface area contributed by atoms with Gasteiger partial charge in [0.15, 0.2) is 0 Å². The SMILES string of the molecule is CCOC(=O)N1CCC(c2cc(Cl)ccc2N)=CC1c1ccc(C(N)=O)cc1. The van der Waals surface area contributed by atoms with Crippen LogP contribution < -0.4 is 11.5 Å². The van der Waals surface area contributed by atoms with E-state index < -0.39 is 5.91 Å². The van der Waals surface area contributed by atoms with Gasteiger partial charge in [-0.25, -0.2) is 4.79 Å². The minimum atomic E-state index is -0.500. The number of halogens is 1. The van der Waals surface area contributed by atoms with Crippen LogP contribution in [0.1, 0.15) is 40.9 Å². The van der Waals surface area contributed by atoms with Crippen LogP contribution in [0.3, 0.4) is 0 Å². The largest absolute Gasteiger partial charge is 0.450 e. The third kappa shape index (κ3) is 4.12. The first kappa shape index (κ1) is 19.8. The van der Waals surface area contributed by atoms with E-state index in [0.29, 0.717) is 35.8 Å². The number of hydrogen-bond donors (Lipinski definition) is 2. The lowest BCUT2D eigenvalue weighted by atomic mass is 9.91. The molecule has 0 aliphatic carbocycles. The van der Waals surface area contributed by atoms with Crippen LogP contribution in [0.4, 0.5) is 10.5 Å². The zero-order valence-electron chi connectivity index (χ0n) is 15.5. The van der Waals surface area contributed by atoms with Gasteiger partial charge in [-0.3, -0.25) is 9.69 Å². The summed E-state index contributed by atoms with van der Waals surface area (Å²) in [5.74, 6) is -0.500. The molecule has 0 bridgehead atoms. The summed E-state index contributed by atoms with van der Waals surface area (Å²) < 4.78 is 5.22. The van der Waals surface area contributed by atoms with Crippen molar-refractivity contribution in [3.63, 3.8) is 0 Å². The first-order valence-corrected chi connectivity index (χ1v) is 9.37. The van der Waals surface area contributed by atoms with Crippen LogP contribution in [0, 0.1) is 0 Å². The second kappa shape index (κ2) is 8.35. The molecule has 0 aromatic heterocycles. The number of nitrogens with zero attached hydrogens (tertiary/aromatic N) is 1. The van der Waals surface area contributed by atoms with Gasteiger partial charge in [0.2, 0.25) is 5.91 Å². The lowest BCUT2D eigenvalue weighted by Crippen LogP contribution is -2.38. The van der Waals surface area contributed by atoms with Gasteiger partial charge in [0, 0.05) is 28.4 Å². The Labute approximate surface area is 168 Å². The molecule has 7 heteroatoms. The summed E-state index contributed by atoms with van der Waals surface area (Å²) in [6, 6.07) is 11.9. The molecule has 0 saturated carbocycles. The predicted molar refractivity (Wildman–Crippen MR) is 110 cm³/mol. The summed E-state index contributed by atoms with van der Waals surface area (Å²) in [5.41, 5.74) is 15.2. The molecule has 4 N–H and O–H groups in total. The van der Waals surface area contributed by atoms with E-state index in [4.69, 9.17) is 27.8 Å². The van der Waals surface area contributed by atoms with E-state index in [1.807, 2.05) is 12.1 Å². The summed E-state index contributed by atoms with van der Waals surface area (Å²) in [7, 11) is 0. The normalized spacial score (nSPS) is 16.4. The molecule has 0 saturated heterocycles. The van der Waals surface area contributed by atoms with Crippen molar-refractivity contribution in [2.24, 2.45) is 5.73 Å². The third-order valence-electron chi connectivity index (χ3n) is 4.72. The Morgan fingerprint density at radius 1 is 1.21 bits per heavy atom. The van der Waals surface area contributed by atoms with E-state index in [1.54, 1.807) is 48.2 Å².